The lowest BCUT2D eigenvalue weighted by Gasteiger charge is -2.27. The average Bonchev–Trinajstić information content (AvgIpc) is 2.59. The minimum absolute atomic E-state index is 0.377. The van der Waals surface area contributed by atoms with Crippen molar-refractivity contribution in [1.82, 2.24) is 16.0 Å². The number of aliphatic carboxylic acids is 2. The molecule has 0 saturated heterocycles. The molecule has 0 aliphatic carbocycles. The number of nitrogens with two attached hydrogens (primary N) is 1. The van der Waals surface area contributed by atoms with Gasteiger partial charge in [-0.25, -0.2) is 0 Å². The van der Waals surface area contributed by atoms with Crippen LogP contribution >= 0.6 is 0 Å². The van der Waals surface area contributed by atoms with Crippen molar-refractivity contribution in [2.24, 2.45) is 11.7 Å². The van der Waals surface area contributed by atoms with Crippen LogP contribution in [-0.4, -0.2) is 75.8 Å². The van der Waals surface area contributed by atoms with Gasteiger partial charge in [0.25, 0.3) is 0 Å². The van der Waals surface area contributed by atoms with Crippen molar-refractivity contribution in [2.75, 3.05) is 6.54 Å². The molecule has 12 nitrogen and oxygen atoms in total. The zero-order valence-corrected chi connectivity index (χ0v) is 16.0. The standard InChI is InChI=1S/C16H28N4O8/c1-4-7(2)12(15(27)18-6-11(24)25)19-16(28)13(8(3)21)20-14(26)9(17)5-10(22)23/h7-9,12-13,21H,4-6,17H2,1-3H3,(H,18,27)(H,19,28)(H,20,26)(H,22,23)(H,24,25). The van der Waals surface area contributed by atoms with Crippen molar-refractivity contribution in [3.63, 3.8) is 0 Å². The lowest BCUT2D eigenvalue weighted by atomic mass is 9.97. The largest absolute Gasteiger partial charge is 0.481 e. The van der Waals surface area contributed by atoms with Crippen molar-refractivity contribution in [3.05, 3.63) is 0 Å². The SMILES string of the molecule is CCC(C)C(NC(=O)C(NC(=O)C(N)CC(=O)O)C(C)O)C(=O)NCC(=O)O. The predicted molar refractivity (Wildman–Crippen MR) is 95.9 cm³/mol. The molecule has 28 heavy (non-hydrogen) atoms. The van der Waals surface area contributed by atoms with E-state index in [1.165, 1.54) is 6.92 Å². The summed E-state index contributed by atoms with van der Waals surface area (Å²) in [5.41, 5.74) is 5.43. The fourth-order valence-corrected chi connectivity index (χ4v) is 2.16. The first-order chi connectivity index (χ1) is 12.9. The van der Waals surface area contributed by atoms with E-state index in [-0.39, 0.29) is 5.92 Å². The van der Waals surface area contributed by atoms with E-state index < -0.39 is 66.9 Å². The lowest BCUT2D eigenvalue weighted by Crippen LogP contribution is -2.60. The monoisotopic (exact) mass is 404 g/mol. The number of nitrogens with one attached hydrogen (secondary N) is 3. The van der Waals surface area contributed by atoms with Crippen LogP contribution in [0.25, 0.3) is 0 Å². The molecule has 0 aliphatic heterocycles. The van der Waals surface area contributed by atoms with Gasteiger partial charge in [0.2, 0.25) is 17.7 Å². The zero-order valence-electron chi connectivity index (χ0n) is 16.0. The van der Waals surface area contributed by atoms with Gasteiger partial charge in [-0.1, -0.05) is 20.3 Å². The number of carboxylic acids is 2. The van der Waals surface area contributed by atoms with Gasteiger partial charge in [0.1, 0.15) is 18.6 Å². The van der Waals surface area contributed by atoms with Gasteiger partial charge in [0, 0.05) is 0 Å². The molecule has 0 bridgehead atoms. The first-order valence-electron chi connectivity index (χ1n) is 8.66. The zero-order chi connectivity index (χ0) is 22.0. The van der Waals surface area contributed by atoms with E-state index in [0.717, 1.165) is 0 Å². The summed E-state index contributed by atoms with van der Waals surface area (Å²) in [5, 5.41) is 33.8. The molecule has 5 unspecified atom stereocenters. The highest BCUT2D eigenvalue weighted by atomic mass is 16.4. The minimum Gasteiger partial charge on any atom is -0.481 e. The Morgan fingerprint density at radius 2 is 1.43 bits per heavy atom. The Balaban J connectivity index is 5.23. The van der Waals surface area contributed by atoms with Gasteiger partial charge >= 0.3 is 11.9 Å². The minimum atomic E-state index is -1.49. The quantitative estimate of drug-likeness (QED) is 0.181. The molecule has 0 spiro atoms. The summed E-state index contributed by atoms with van der Waals surface area (Å²) in [6.45, 7) is 4.00. The highest BCUT2D eigenvalue weighted by Gasteiger charge is 2.33. The van der Waals surface area contributed by atoms with Crippen LogP contribution in [-0.2, 0) is 24.0 Å². The molecule has 0 aromatic carbocycles. The van der Waals surface area contributed by atoms with Crippen LogP contribution in [0.1, 0.15) is 33.6 Å². The summed E-state index contributed by atoms with van der Waals surface area (Å²) < 4.78 is 0. The van der Waals surface area contributed by atoms with Gasteiger partial charge in [0.05, 0.1) is 18.6 Å². The van der Waals surface area contributed by atoms with Gasteiger partial charge in [0.15, 0.2) is 0 Å². The van der Waals surface area contributed by atoms with Crippen LogP contribution < -0.4 is 21.7 Å². The summed E-state index contributed by atoms with van der Waals surface area (Å²) in [4.78, 5) is 57.9. The predicted octanol–water partition coefficient (Wildman–Crippen LogP) is -2.61. The van der Waals surface area contributed by atoms with Crippen LogP contribution in [0.4, 0.5) is 0 Å². The number of aliphatic hydroxyl groups is 1. The maximum Gasteiger partial charge on any atom is 0.322 e. The van der Waals surface area contributed by atoms with Crippen LogP contribution in [0.5, 0.6) is 0 Å². The second kappa shape index (κ2) is 11.9. The molecule has 0 aromatic rings. The van der Waals surface area contributed by atoms with E-state index in [4.69, 9.17) is 15.9 Å². The summed E-state index contributed by atoms with van der Waals surface area (Å²) in [6, 6.07) is -4.04. The second-order valence-corrected chi connectivity index (χ2v) is 6.41. The Labute approximate surface area is 161 Å². The molecule has 8 N–H and O–H groups in total. The first-order valence-corrected chi connectivity index (χ1v) is 8.66. The van der Waals surface area contributed by atoms with Crippen LogP contribution in [0.2, 0.25) is 0 Å². The molecule has 0 aliphatic rings. The molecular formula is C16H28N4O8. The highest BCUT2D eigenvalue weighted by molar-refractivity contribution is 5.94. The third-order valence-corrected chi connectivity index (χ3v) is 4.00. The fraction of sp³-hybridized carbons (Fsp3) is 0.688. The third kappa shape index (κ3) is 8.77. The maximum atomic E-state index is 12.5. The Kier molecular flexibility index (Phi) is 10.7. The number of rotatable bonds is 12. The van der Waals surface area contributed by atoms with E-state index in [1.54, 1.807) is 13.8 Å². The first kappa shape index (κ1) is 25.3. The number of carbonyl (C=O) groups excluding carboxylic acids is 3. The molecule has 0 aromatic heterocycles. The van der Waals surface area contributed by atoms with Gasteiger partial charge < -0.3 is 37.0 Å². The third-order valence-electron chi connectivity index (χ3n) is 4.00. The van der Waals surface area contributed by atoms with Crippen molar-refractivity contribution in [3.8, 4) is 0 Å². The van der Waals surface area contributed by atoms with E-state index in [1.807, 2.05) is 0 Å². The normalized spacial score (nSPS) is 16.0. The number of carbonyl (C=O) groups is 5. The van der Waals surface area contributed by atoms with Crippen molar-refractivity contribution in [2.45, 2.75) is 57.8 Å². The summed E-state index contributed by atoms with van der Waals surface area (Å²) in [7, 11) is 0. The molecule has 0 fully saturated rings. The fourth-order valence-electron chi connectivity index (χ4n) is 2.16. The lowest BCUT2D eigenvalue weighted by molar-refractivity contribution is -0.140. The molecule has 0 rings (SSSR count). The summed E-state index contributed by atoms with van der Waals surface area (Å²) in [5.74, 6) is -5.54. The molecule has 160 valence electrons. The molecule has 3 amide bonds. The van der Waals surface area contributed by atoms with Gasteiger partial charge in [-0.15, -0.1) is 0 Å². The Hall–Kier alpha value is -2.73. The van der Waals surface area contributed by atoms with Crippen molar-refractivity contribution >= 4 is 29.7 Å². The van der Waals surface area contributed by atoms with Gasteiger partial charge in [-0.05, 0) is 12.8 Å². The number of hydrogen-bond donors (Lipinski definition) is 7. The number of carboxylic acid groups (broad SMARTS) is 2. The summed E-state index contributed by atoms with van der Waals surface area (Å²) >= 11 is 0. The second-order valence-electron chi connectivity index (χ2n) is 6.41. The maximum absolute atomic E-state index is 12.5. The number of aliphatic hydroxyl groups excluding tert-OH is 1. The van der Waals surface area contributed by atoms with Crippen LogP contribution in [0.3, 0.4) is 0 Å². The molecule has 5 atom stereocenters. The van der Waals surface area contributed by atoms with E-state index >= 15 is 0 Å². The Bertz CT molecular complexity index is 595. The van der Waals surface area contributed by atoms with Gasteiger partial charge in [-0.2, -0.15) is 0 Å². The highest BCUT2D eigenvalue weighted by Crippen LogP contribution is 2.09. The molecule has 0 heterocycles. The van der Waals surface area contributed by atoms with Crippen molar-refractivity contribution in [1.29, 1.82) is 0 Å². The average molecular weight is 404 g/mol. The Morgan fingerprint density at radius 3 is 1.86 bits per heavy atom. The van der Waals surface area contributed by atoms with E-state index in [9.17, 15) is 29.1 Å². The molecular weight excluding hydrogens is 376 g/mol. The van der Waals surface area contributed by atoms with Crippen LogP contribution in [0, 0.1) is 5.92 Å². The molecule has 12 heteroatoms. The Morgan fingerprint density at radius 1 is 0.893 bits per heavy atom. The van der Waals surface area contributed by atoms with Crippen molar-refractivity contribution < 1.29 is 39.3 Å². The van der Waals surface area contributed by atoms with Gasteiger partial charge in [-0.3, -0.25) is 24.0 Å². The van der Waals surface area contributed by atoms with E-state index in [2.05, 4.69) is 16.0 Å². The smallest absolute Gasteiger partial charge is 0.322 e. The molecule has 0 radical (unpaired) electrons. The number of hydrogen-bond acceptors (Lipinski definition) is 7. The summed E-state index contributed by atoms with van der Waals surface area (Å²) in [6.07, 6.45) is -1.58. The van der Waals surface area contributed by atoms with Crippen LogP contribution in [0.15, 0.2) is 0 Å². The number of amides is 3. The topological polar surface area (TPSA) is 208 Å². The van der Waals surface area contributed by atoms with E-state index in [0.29, 0.717) is 6.42 Å². The molecule has 0 saturated carbocycles.